The number of hydrogen-bond donors (Lipinski definition) is 1. The Labute approximate surface area is 124 Å². The van der Waals surface area contributed by atoms with E-state index in [1.165, 1.54) is 27.9 Å². The lowest BCUT2D eigenvalue weighted by atomic mass is 10.0. The molecule has 19 heavy (non-hydrogen) atoms. The van der Waals surface area contributed by atoms with Crippen LogP contribution in [0.15, 0.2) is 40.9 Å². The molecule has 1 unspecified atom stereocenters. The third kappa shape index (κ3) is 3.60. The van der Waals surface area contributed by atoms with Gasteiger partial charge in [-0.05, 0) is 57.0 Å². The van der Waals surface area contributed by atoms with E-state index in [0.717, 1.165) is 4.47 Å². The summed E-state index contributed by atoms with van der Waals surface area (Å²) in [6.45, 7) is 8.62. The van der Waals surface area contributed by atoms with E-state index in [0.29, 0.717) is 6.04 Å². The van der Waals surface area contributed by atoms with E-state index >= 15 is 0 Å². The molecule has 0 saturated carbocycles. The number of hydrogen-bond acceptors (Lipinski definition) is 1. The molecule has 0 aliphatic heterocycles. The molecule has 2 heteroatoms. The summed E-state index contributed by atoms with van der Waals surface area (Å²) in [5.41, 5.74) is 6.41. The van der Waals surface area contributed by atoms with Crippen LogP contribution in [0, 0.1) is 20.8 Å². The number of nitrogens with one attached hydrogen (secondary N) is 1. The molecule has 0 spiro atoms. The Morgan fingerprint density at radius 3 is 2.16 bits per heavy atom. The second-order valence-electron chi connectivity index (χ2n) is 5.25. The van der Waals surface area contributed by atoms with Crippen LogP contribution in [0.5, 0.6) is 0 Å². The van der Waals surface area contributed by atoms with Gasteiger partial charge in [0.05, 0.1) is 0 Å². The van der Waals surface area contributed by atoms with Crippen LogP contribution >= 0.6 is 15.9 Å². The van der Waals surface area contributed by atoms with Crippen molar-refractivity contribution in [3.8, 4) is 0 Å². The number of anilines is 1. The van der Waals surface area contributed by atoms with Gasteiger partial charge in [0, 0.05) is 16.2 Å². The molecule has 0 fully saturated rings. The van der Waals surface area contributed by atoms with Gasteiger partial charge in [-0.2, -0.15) is 0 Å². The lowest BCUT2D eigenvalue weighted by Crippen LogP contribution is -2.08. The number of halogens is 1. The molecule has 0 bridgehead atoms. The van der Waals surface area contributed by atoms with E-state index in [2.05, 4.69) is 85.3 Å². The molecule has 0 aliphatic rings. The van der Waals surface area contributed by atoms with Crippen LogP contribution in [0.1, 0.15) is 35.2 Å². The summed E-state index contributed by atoms with van der Waals surface area (Å²) in [7, 11) is 0. The molecule has 0 heterocycles. The first-order chi connectivity index (χ1) is 8.95. The fourth-order valence-electron chi connectivity index (χ4n) is 2.37. The first kappa shape index (κ1) is 14.1. The van der Waals surface area contributed by atoms with E-state index in [9.17, 15) is 0 Å². The van der Waals surface area contributed by atoms with E-state index < -0.39 is 0 Å². The lowest BCUT2D eigenvalue weighted by Gasteiger charge is -2.18. The van der Waals surface area contributed by atoms with E-state index in [1.807, 2.05) is 0 Å². The van der Waals surface area contributed by atoms with Crippen LogP contribution in [0.3, 0.4) is 0 Å². The molecule has 0 radical (unpaired) electrons. The van der Waals surface area contributed by atoms with Crippen LogP contribution < -0.4 is 5.32 Å². The Hall–Kier alpha value is -1.28. The van der Waals surface area contributed by atoms with Crippen molar-refractivity contribution in [1.29, 1.82) is 0 Å². The van der Waals surface area contributed by atoms with Gasteiger partial charge >= 0.3 is 0 Å². The Morgan fingerprint density at radius 1 is 0.947 bits per heavy atom. The van der Waals surface area contributed by atoms with Crippen molar-refractivity contribution in [3.05, 3.63) is 63.1 Å². The smallest absolute Gasteiger partial charge is 0.0485 e. The Bertz CT molecular complexity index is 570. The summed E-state index contributed by atoms with van der Waals surface area (Å²) < 4.78 is 1.12. The number of rotatable bonds is 3. The van der Waals surface area contributed by atoms with Crippen LogP contribution in [0.4, 0.5) is 5.69 Å². The number of aryl methyl sites for hydroxylation is 3. The third-order valence-electron chi connectivity index (χ3n) is 3.30. The molecular weight excluding hydrogens is 298 g/mol. The molecule has 1 atom stereocenters. The summed E-state index contributed by atoms with van der Waals surface area (Å²) in [4.78, 5) is 0. The Balaban J connectivity index is 2.22. The molecule has 0 aromatic heterocycles. The summed E-state index contributed by atoms with van der Waals surface area (Å²) in [5.74, 6) is 0. The standard InChI is InChI=1S/C17H20BrN/c1-11-7-12(2)9-15(8-11)14(4)19-17-6-5-16(18)10-13(17)3/h5-10,14,19H,1-4H3. The van der Waals surface area contributed by atoms with Crippen LogP contribution in [-0.4, -0.2) is 0 Å². The minimum Gasteiger partial charge on any atom is -0.378 e. The minimum atomic E-state index is 0.304. The SMILES string of the molecule is Cc1cc(C)cc(C(C)Nc2ccc(Br)cc2C)c1. The molecule has 2 aromatic carbocycles. The van der Waals surface area contributed by atoms with Crippen LogP contribution in [-0.2, 0) is 0 Å². The maximum Gasteiger partial charge on any atom is 0.0485 e. The van der Waals surface area contributed by atoms with Gasteiger partial charge in [-0.3, -0.25) is 0 Å². The summed E-state index contributed by atoms with van der Waals surface area (Å²) in [6.07, 6.45) is 0. The van der Waals surface area contributed by atoms with Gasteiger partial charge < -0.3 is 5.32 Å². The quantitative estimate of drug-likeness (QED) is 0.782. The van der Waals surface area contributed by atoms with Crippen molar-refractivity contribution in [2.45, 2.75) is 33.7 Å². The normalized spacial score (nSPS) is 12.3. The van der Waals surface area contributed by atoms with Gasteiger partial charge in [0.15, 0.2) is 0 Å². The summed E-state index contributed by atoms with van der Waals surface area (Å²) >= 11 is 3.50. The zero-order valence-corrected chi connectivity index (χ0v) is 13.5. The molecule has 0 aliphatic carbocycles. The van der Waals surface area contributed by atoms with Crippen molar-refractivity contribution >= 4 is 21.6 Å². The maximum atomic E-state index is 3.59. The van der Waals surface area contributed by atoms with Gasteiger partial charge in [-0.25, -0.2) is 0 Å². The first-order valence-electron chi connectivity index (χ1n) is 6.56. The predicted molar refractivity (Wildman–Crippen MR) is 86.8 cm³/mol. The monoisotopic (exact) mass is 317 g/mol. The number of benzene rings is 2. The highest BCUT2D eigenvalue weighted by atomic mass is 79.9. The fraction of sp³-hybridized carbons (Fsp3) is 0.294. The van der Waals surface area contributed by atoms with Crippen molar-refractivity contribution in [2.24, 2.45) is 0 Å². The van der Waals surface area contributed by atoms with Crippen LogP contribution in [0.2, 0.25) is 0 Å². The molecular formula is C17H20BrN. The third-order valence-corrected chi connectivity index (χ3v) is 3.80. The molecule has 0 saturated heterocycles. The highest BCUT2D eigenvalue weighted by molar-refractivity contribution is 9.10. The molecule has 1 nitrogen and oxygen atoms in total. The molecule has 0 amide bonds. The molecule has 2 rings (SSSR count). The van der Waals surface area contributed by atoms with Gasteiger partial charge in [0.2, 0.25) is 0 Å². The van der Waals surface area contributed by atoms with Crippen molar-refractivity contribution in [3.63, 3.8) is 0 Å². The van der Waals surface area contributed by atoms with Gasteiger partial charge in [0.1, 0.15) is 0 Å². The van der Waals surface area contributed by atoms with Crippen molar-refractivity contribution < 1.29 is 0 Å². The minimum absolute atomic E-state index is 0.304. The lowest BCUT2D eigenvalue weighted by molar-refractivity contribution is 0.878. The maximum absolute atomic E-state index is 3.59. The highest BCUT2D eigenvalue weighted by Gasteiger charge is 2.08. The average molecular weight is 318 g/mol. The predicted octanol–water partition coefficient (Wildman–Crippen LogP) is 5.55. The van der Waals surface area contributed by atoms with Gasteiger partial charge in [0.25, 0.3) is 0 Å². The van der Waals surface area contributed by atoms with E-state index in [4.69, 9.17) is 0 Å². The first-order valence-corrected chi connectivity index (χ1v) is 7.36. The van der Waals surface area contributed by atoms with E-state index in [-0.39, 0.29) is 0 Å². The second kappa shape index (κ2) is 5.79. The van der Waals surface area contributed by atoms with Crippen LogP contribution in [0.25, 0.3) is 0 Å². The molecule has 100 valence electrons. The largest absolute Gasteiger partial charge is 0.378 e. The average Bonchev–Trinajstić information content (AvgIpc) is 2.31. The molecule has 1 N–H and O–H groups in total. The fourth-order valence-corrected chi connectivity index (χ4v) is 2.84. The zero-order valence-electron chi connectivity index (χ0n) is 11.9. The van der Waals surface area contributed by atoms with E-state index in [1.54, 1.807) is 0 Å². The second-order valence-corrected chi connectivity index (χ2v) is 6.16. The molecule has 2 aromatic rings. The topological polar surface area (TPSA) is 12.0 Å². The zero-order chi connectivity index (χ0) is 14.0. The highest BCUT2D eigenvalue weighted by Crippen LogP contribution is 2.25. The van der Waals surface area contributed by atoms with Crippen molar-refractivity contribution in [2.75, 3.05) is 5.32 Å². The van der Waals surface area contributed by atoms with Crippen molar-refractivity contribution in [1.82, 2.24) is 0 Å². The van der Waals surface area contributed by atoms with Gasteiger partial charge in [-0.15, -0.1) is 0 Å². The van der Waals surface area contributed by atoms with Gasteiger partial charge in [-0.1, -0.05) is 45.3 Å². The summed E-state index contributed by atoms with van der Waals surface area (Å²) in [5, 5.41) is 3.59. The summed E-state index contributed by atoms with van der Waals surface area (Å²) in [6, 6.07) is 13.3. The Kier molecular flexibility index (Phi) is 4.31. The Morgan fingerprint density at radius 2 is 1.58 bits per heavy atom.